The zero-order chi connectivity index (χ0) is 22.5. The molecule has 2 amide bonds. The lowest BCUT2D eigenvalue weighted by Crippen LogP contribution is -2.39. The molecule has 1 N–H and O–H groups in total. The second kappa shape index (κ2) is 10.1. The molecule has 1 heterocycles. The third-order valence-corrected chi connectivity index (χ3v) is 5.90. The number of benzene rings is 1. The number of thiophene rings is 1. The van der Waals surface area contributed by atoms with Gasteiger partial charge in [-0.05, 0) is 54.0 Å². The Morgan fingerprint density at radius 3 is 2.40 bits per heavy atom. The SMILES string of the molecule is CCC(C)N(Cc1cc(NC(=O)c2cccs2)ccc1N(C)C)C(=O)CC(C)(C)C. The van der Waals surface area contributed by atoms with Gasteiger partial charge < -0.3 is 15.1 Å². The molecule has 0 spiro atoms. The molecule has 0 aliphatic rings. The van der Waals surface area contributed by atoms with Gasteiger partial charge in [-0.15, -0.1) is 11.3 Å². The van der Waals surface area contributed by atoms with Crippen molar-refractivity contribution in [3.8, 4) is 0 Å². The average molecular weight is 430 g/mol. The molecule has 0 fully saturated rings. The number of nitrogens with zero attached hydrogens (tertiary/aromatic N) is 2. The number of carbonyl (C=O) groups is 2. The van der Waals surface area contributed by atoms with Crippen molar-refractivity contribution in [2.24, 2.45) is 5.41 Å². The van der Waals surface area contributed by atoms with Gasteiger partial charge in [0.15, 0.2) is 0 Å². The molecule has 5 nitrogen and oxygen atoms in total. The maximum Gasteiger partial charge on any atom is 0.265 e. The van der Waals surface area contributed by atoms with Gasteiger partial charge in [-0.3, -0.25) is 9.59 Å². The first-order valence-electron chi connectivity index (χ1n) is 10.5. The molecule has 0 saturated carbocycles. The lowest BCUT2D eigenvalue weighted by molar-refractivity contribution is -0.135. The van der Waals surface area contributed by atoms with Crippen LogP contribution >= 0.6 is 11.3 Å². The van der Waals surface area contributed by atoms with E-state index in [2.05, 4.69) is 39.9 Å². The molecule has 1 aromatic heterocycles. The van der Waals surface area contributed by atoms with Crippen LogP contribution < -0.4 is 10.2 Å². The van der Waals surface area contributed by atoms with E-state index in [9.17, 15) is 9.59 Å². The summed E-state index contributed by atoms with van der Waals surface area (Å²) in [6.07, 6.45) is 1.39. The Balaban J connectivity index is 2.33. The standard InChI is InChI=1S/C24H35N3O2S/c1-8-17(2)27(22(28)15-24(3,4)5)16-18-14-19(11-12-20(18)26(6)7)25-23(29)21-10-9-13-30-21/h9-14,17H,8,15-16H2,1-7H3,(H,25,29). The summed E-state index contributed by atoms with van der Waals surface area (Å²) in [5.74, 6) is 0.0470. The number of rotatable bonds is 8. The highest BCUT2D eigenvalue weighted by Gasteiger charge is 2.25. The second-order valence-corrected chi connectivity index (χ2v) is 10.1. The van der Waals surface area contributed by atoms with Gasteiger partial charge in [-0.2, -0.15) is 0 Å². The van der Waals surface area contributed by atoms with Crippen LogP contribution in [-0.2, 0) is 11.3 Å². The van der Waals surface area contributed by atoms with Gasteiger partial charge >= 0.3 is 0 Å². The first-order chi connectivity index (χ1) is 14.0. The van der Waals surface area contributed by atoms with Crippen molar-refractivity contribution in [2.45, 2.75) is 60.0 Å². The van der Waals surface area contributed by atoms with Crippen molar-refractivity contribution in [3.05, 3.63) is 46.2 Å². The summed E-state index contributed by atoms with van der Waals surface area (Å²) >= 11 is 1.42. The van der Waals surface area contributed by atoms with E-state index >= 15 is 0 Å². The van der Waals surface area contributed by atoms with E-state index in [1.807, 2.05) is 59.6 Å². The molecule has 0 aliphatic carbocycles. The van der Waals surface area contributed by atoms with Crippen LogP contribution in [0.1, 0.15) is 62.7 Å². The molecule has 1 aromatic carbocycles. The predicted molar refractivity (Wildman–Crippen MR) is 127 cm³/mol. The third kappa shape index (κ3) is 6.59. The van der Waals surface area contributed by atoms with Crippen molar-refractivity contribution in [1.29, 1.82) is 0 Å². The second-order valence-electron chi connectivity index (χ2n) is 9.19. The Morgan fingerprint density at radius 2 is 1.87 bits per heavy atom. The summed E-state index contributed by atoms with van der Waals surface area (Å²) < 4.78 is 0. The summed E-state index contributed by atoms with van der Waals surface area (Å²) in [7, 11) is 3.99. The van der Waals surface area contributed by atoms with Crippen LogP contribution in [0.4, 0.5) is 11.4 Å². The van der Waals surface area contributed by atoms with Crippen LogP contribution in [0.5, 0.6) is 0 Å². The largest absolute Gasteiger partial charge is 0.377 e. The molecule has 1 unspecified atom stereocenters. The van der Waals surface area contributed by atoms with E-state index in [4.69, 9.17) is 0 Å². The van der Waals surface area contributed by atoms with E-state index in [-0.39, 0.29) is 23.3 Å². The Kier molecular flexibility index (Phi) is 8.07. The highest BCUT2D eigenvalue weighted by Crippen LogP contribution is 2.28. The van der Waals surface area contributed by atoms with Gasteiger partial charge in [0.05, 0.1) is 4.88 Å². The van der Waals surface area contributed by atoms with Crippen LogP contribution in [0.25, 0.3) is 0 Å². The molecule has 0 aliphatic heterocycles. The van der Waals surface area contributed by atoms with E-state index in [1.54, 1.807) is 0 Å². The van der Waals surface area contributed by atoms with E-state index in [1.165, 1.54) is 11.3 Å². The quantitative estimate of drug-likeness (QED) is 0.592. The molecule has 0 saturated heterocycles. The van der Waals surface area contributed by atoms with Crippen molar-refractivity contribution in [2.75, 3.05) is 24.3 Å². The molecule has 30 heavy (non-hydrogen) atoms. The normalized spacial score (nSPS) is 12.4. The molecule has 0 bridgehead atoms. The summed E-state index contributed by atoms with van der Waals surface area (Å²) in [6, 6.07) is 9.72. The summed E-state index contributed by atoms with van der Waals surface area (Å²) in [6.45, 7) is 11.0. The molecule has 6 heteroatoms. The van der Waals surface area contributed by atoms with Crippen LogP contribution in [0, 0.1) is 5.41 Å². The van der Waals surface area contributed by atoms with Gasteiger partial charge in [-0.25, -0.2) is 0 Å². The molecule has 0 radical (unpaired) electrons. The van der Waals surface area contributed by atoms with Crippen LogP contribution in [0.15, 0.2) is 35.7 Å². The first kappa shape index (κ1) is 23.9. The first-order valence-corrected chi connectivity index (χ1v) is 11.3. The highest BCUT2D eigenvalue weighted by atomic mass is 32.1. The Hall–Kier alpha value is -2.34. The number of hydrogen-bond acceptors (Lipinski definition) is 4. The van der Waals surface area contributed by atoms with Gasteiger partial charge in [0.25, 0.3) is 5.91 Å². The Morgan fingerprint density at radius 1 is 1.17 bits per heavy atom. The minimum absolute atomic E-state index is 0.0658. The van der Waals surface area contributed by atoms with Crippen molar-refractivity contribution < 1.29 is 9.59 Å². The molecule has 1 atom stereocenters. The van der Waals surface area contributed by atoms with Crippen LogP contribution in [0.2, 0.25) is 0 Å². The third-order valence-electron chi connectivity index (χ3n) is 5.03. The topological polar surface area (TPSA) is 52.7 Å². The fourth-order valence-corrected chi connectivity index (χ4v) is 3.89. The number of amides is 2. The molecule has 2 rings (SSSR count). The van der Waals surface area contributed by atoms with Crippen molar-refractivity contribution >= 4 is 34.5 Å². The fourth-order valence-electron chi connectivity index (χ4n) is 3.28. The molecular weight excluding hydrogens is 394 g/mol. The Bertz CT molecular complexity index is 854. The fraction of sp³-hybridized carbons (Fsp3) is 0.500. The van der Waals surface area contributed by atoms with Gasteiger partial charge in [0, 0.05) is 44.5 Å². The Labute approximate surface area is 185 Å². The van der Waals surface area contributed by atoms with Crippen molar-refractivity contribution in [1.82, 2.24) is 4.90 Å². The number of anilines is 2. The number of hydrogen-bond donors (Lipinski definition) is 1. The smallest absolute Gasteiger partial charge is 0.265 e. The minimum Gasteiger partial charge on any atom is -0.377 e. The molecule has 164 valence electrons. The van der Waals surface area contributed by atoms with E-state index in [0.717, 1.165) is 23.4 Å². The number of nitrogens with one attached hydrogen (secondary N) is 1. The van der Waals surface area contributed by atoms with Crippen LogP contribution in [-0.4, -0.2) is 36.9 Å². The minimum atomic E-state index is -0.115. The lowest BCUT2D eigenvalue weighted by Gasteiger charge is -2.33. The predicted octanol–water partition coefficient (Wildman–Crippen LogP) is 5.63. The molecule has 2 aromatic rings. The zero-order valence-electron chi connectivity index (χ0n) is 19.3. The van der Waals surface area contributed by atoms with Gasteiger partial charge in [0.2, 0.25) is 5.91 Å². The average Bonchev–Trinajstić information content (AvgIpc) is 3.18. The lowest BCUT2D eigenvalue weighted by atomic mass is 9.91. The number of carbonyl (C=O) groups excluding carboxylic acids is 2. The zero-order valence-corrected chi connectivity index (χ0v) is 20.1. The maximum atomic E-state index is 13.1. The van der Waals surface area contributed by atoms with Crippen molar-refractivity contribution in [3.63, 3.8) is 0 Å². The highest BCUT2D eigenvalue weighted by molar-refractivity contribution is 7.12. The van der Waals surface area contributed by atoms with E-state index < -0.39 is 0 Å². The van der Waals surface area contributed by atoms with Crippen LogP contribution in [0.3, 0.4) is 0 Å². The molecular formula is C24H35N3O2S. The van der Waals surface area contributed by atoms with Gasteiger partial charge in [0.1, 0.15) is 0 Å². The van der Waals surface area contributed by atoms with Gasteiger partial charge in [-0.1, -0.05) is 33.8 Å². The maximum absolute atomic E-state index is 13.1. The summed E-state index contributed by atoms with van der Waals surface area (Å²) in [5, 5.41) is 4.87. The van der Waals surface area contributed by atoms with E-state index in [0.29, 0.717) is 17.8 Å². The summed E-state index contributed by atoms with van der Waals surface area (Å²) in [5.41, 5.74) is 2.73. The summed E-state index contributed by atoms with van der Waals surface area (Å²) in [4.78, 5) is 30.3. The monoisotopic (exact) mass is 429 g/mol.